The highest BCUT2D eigenvalue weighted by atomic mass is 16.7. The van der Waals surface area contributed by atoms with Gasteiger partial charge >= 0.3 is 0 Å². The molecule has 1 aliphatic rings. The van der Waals surface area contributed by atoms with Crippen LogP contribution in [-0.4, -0.2) is 37.9 Å². The first-order chi connectivity index (χ1) is 15.7. The minimum atomic E-state index is -0.639. The number of Topliss-reactive ketones (excluding diaryl/α,β-unsaturated/α-hetero) is 1. The molecule has 0 bridgehead atoms. The fourth-order valence-corrected chi connectivity index (χ4v) is 4.43. The Morgan fingerprint density at radius 1 is 1.06 bits per heavy atom. The SMILES string of the molecule is CCC(C)Cc1ccc(OC)cc1.CCc1cnc(C)c(C2(C(C)=O)CC(OC)(OC)C2)c1. The lowest BCUT2D eigenvalue weighted by atomic mass is 9.58. The largest absolute Gasteiger partial charge is 0.497 e. The smallest absolute Gasteiger partial charge is 0.170 e. The van der Waals surface area contributed by atoms with Gasteiger partial charge in [-0.1, -0.05) is 45.4 Å². The second kappa shape index (κ2) is 11.8. The Kier molecular flexibility index (Phi) is 9.62. The number of carbonyl (C=O) groups is 1. The van der Waals surface area contributed by atoms with Gasteiger partial charge in [0, 0.05) is 39.0 Å². The van der Waals surface area contributed by atoms with Gasteiger partial charge in [-0.3, -0.25) is 9.78 Å². The Labute approximate surface area is 199 Å². The Morgan fingerprint density at radius 3 is 2.12 bits per heavy atom. The molecule has 0 spiro atoms. The third-order valence-corrected chi connectivity index (χ3v) is 7.07. The van der Waals surface area contributed by atoms with Gasteiger partial charge < -0.3 is 14.2 Å². The van der Waals surface area contributed by atoms with Crippen molar-refractivity contribution in [2.75, 3.05) is 21.3 Å². The van der Waals surface area contributed by atoms with Crippen LogP contribution in [0.2, 0.25) is 0 Å². The number of aryl methyl sites for hydroxylation is 2. The molecule has 1 aliphatic carbocycles. The molecule has 0 amide bonds. The van der Waals surface area contributed by atoms with Gasteiger partial charge in [0.25, 0.3) is 0 Å². The first-order valence-corrected chi connectivity index (χ1v) is 11.9. The predicted molar refractivity (Wildman–Crippen MR) is 133 cm³/mol. The van der Waals surface area contributed by atoms with Crippen molar-refractivity contribution < 1.29 is 19.0 Å². The van der Waals surface area contributed by atoms with Gasteiger partial charge in [-0.25, -0.2) is 0 Å². The number of methoxy groups -OCH3 is 3. The van der Waals surface area contributed by atoms with E-state index < -0.39 is 11.2 Å². The van der Waals surface area contributed by atoms with E-state index in [4.69, 9.17) is 14.2 Å². The zero-order valence-electron chi connectivity index (χ0n) is 21.7. The molecular formula is C28H41NO4. The van der Waals surface area contributed by atoms with Crippen LogP contribution in [0, 0.1) is 12.8 Å². The molecule has 0 N–H and O–H groups in total. The number of pyridine rings is 1. The van der Waals surface area contributed by atoms with Crippen LogP contribution in [0.25, 0.3) is 0 Å². The van der Waals surface area contributed by atoms with E-state index in [0.717, 1.165) is 34.9 Å². The summed E-state index contributed by atoms with van der Waals surface area (Å²) in [6, 6.07) is 10.4. The molecule has 182 valence electrons. The van der Waals surface area contributed by atoms with Crippen LogP contribution < -0.4 is 4.74 Å². The second-order valence-corrected chi connectivity index (χ2v) is 9.21. The van der Waals surface area contributed by atoms with Crippen LogP contribution in [0.4, 0.5) is 0 Å². The van der Waals surface area contributed by atoms with Crippen molar-refractivity contribution in [1.29, 1.82) is 0 Å². The molecular weight excluding hydrogens is 414 g/mol. The number of aromatic nitrogens is 1. The lowest BCUT2D eigenvalue weighted by Crippen LogP contribution is -2.60. The first-order valence-electron chi connectivity index (χ1n) is 11.9. The molecule has 2 aromatic rings. The van der Waals surface area contributed by atoms with Gasteiger partial charge in [-0.2, -0.15) is 0 Å². The van der Waals surface area contributed by atoms with Gasteiger partial charge in [0.1, 0.15) is 11.5 Å². The van der Waals surface area contributed by atoms with Crippen molar-refractivity contribution in [2.45, 2.75) is 77.9 Å². The summed E-state index contributed by atoms with van der Waals surface area (Å²) >= 11 is 0. The van der Waals surface area contributed by atoms with Gasteiger partial charge in [-0.15, -0.1) is 0 Å². The highest BCUT2D eigenvalue weighted by molar-refractivity contribution is 5.90. The summed E-state index contributed by atoms with van der Waals surface area (Å²) in [5.41, 5.74) is 3.97. The standard InChI is InChI=1S/C16H23NO3.C12H18O/c1-6-13-7-14(11(2)17-8-13)15(12(3)18)9-16(10-15,19-4)20-5;1-4-10(2)9-11-5-7-12(13-3)8-6-11/h7-8H,6,9-10H2,1-5H3;5-8,10H,4,9H2,1-3H3. The van der Waals surface area contributed by atoms with E-state index in [2.05, 4.69) is 44.0 Å². The molecule has 1 aromatic carbocycles. The number of ether oxygens (including phenoxy) is 3. The number of ketones is 1. The van der Waals surface area contributed by atoms with E-state index in [1.807, 2.05) is 25.3 Å². The van der Waals surface area contributed by atoms with E-state index in [-0.39, 0.29) is 5.78 Å². The van der Waals surface area contributed by atoms with E-state index in [9.17, 15) is 4.79 Å². The van der Waals surface area contributed by atoms with Gasteiger partial charge in [-0.05, 0) is 61.4 Å². The van der Waals surface area contributed by atoms with Gasteiger partial charge in [0.2, 0.25) is 0 Å². The number of nitrogens with zero attached hydrogens (tertiary/aromatic N) is 1. The summed E-state index contributed by atoms with van der Waals surface area (Å²) in [5.74, 6) is 1.22. The minimum absolute atomic E-state index is 0.153. The van der Waals surface area contributed by atoms with Crippen molar-refractivity contribution in [3.63, 3.8) is 0 Å². The van der Waals surface area contributed by atoms with Crippen molar-refractivity contribution >= 4 is 5.78 Å². The van der Waals surface area contributed by atoms with E-state index >= 15 is 0 Å². The zero-order valence-corrected chi connectivity index (χ0v) is 21.7. The zero-order chi connectivity index (χ0) is 24.6. The third-order valence-electron chi connectivity index (χ3n) is 7.07. The molecule has 0 aliphatic heterocycles. The summed E-state index contributed by atoms with van der Waals surface area (Å²) in [7, 11) is 4.95. The van der Waals surface area contributed by atoms with E-state index in [1.165, 1.54) is 18.4 Å². The van der Waals surface area contributed by atoms with Crippen LogP contribution >= 0.6 is 0 Å². The second-order valence-electron chi connectivity index (χ2n) is 9.21. The van der Waals surface area contributed by atoms with Crippen LogP contribution in [0.5, 0.6) is 5.75 Å². The fraction of sp³-hybridized carbons (Fsp3) is 0.571. The highest BCUT2D eigenvalue weighted by Gasteiger charge is 2.60. The maximum absolute atomic E-state index is 12.3. The third kappa shape index (κ3) is 6.21. The lowest BCUT2D eigenvalue weighted by Gasteiger charge is -2.53. The Morgan fingerprint density at radius 2 is 1.67 bits per heavy atom. The molecule has 0 radical (unpaired) electrons. The van der Waals surface area contributed by atoms with E-state index in [1.54, 1.807) is 28.3 Å². The van der Waals surface area contributed by atoms with Gasteiger partial charge in [0.05, 0.1) is 12.5 Å². The Balaban J connectivity index is 0.000000257. The number of rotatable bonds is 9. The summed E-state index contributed by atoms with van der Waals surface area (Å²) in [4.78, 5) is 16.7. The molecule has 5 nitrogen and oxygen atoms in total. The molecule has 1 heterocycles. The molecule has 1 fully saturated rings. The monoisotopic (exact) mass is 455 g/mol. The lowest BCUT2D eigenvalue weighted by molar-refractivity contribution is -0.273. The van der Waals surface area contributed by atoms with Crippen molar-refractivity contribution in [2.24, 2.45) is 5.92 Å². The number of hydrogen-bond acceptors (Lipinski definition) is 5. The first kappa shape index (κ1) is 27.0. The quantitative estimate of drug-likeness (QED) is 0.444. The van der Waals surface area contributed by atoms with Crippen molar-refractivity contribution in [3.05, 3.63) is 58.9 Å². The molecule has 5 heteroatoms. The topological polar surface area (TPSA) is 57.7 Å². The van der Waals surface area contributed by atoms with Gasteiger partial charge in [0.15, 0.2) is 5.79 Å². The predicted octanol–water partition coefficient (Wildman–Crippen LogP) is 5.85. The molecule has 3 rings (SSSR count). The number of hydrogen-bond donors (Lipinski definition) is 0. The Bertz CT molecular complexity index is 895. The number of benzene rings is 1. The molecule has 1 unspecified atom stereocenters. The van der Waals surface area contributed by atoms with E-state index in [0.29, 0.717) is 12.8 Å². The molecule has 1 atom stereocenters. The molecule has 33 heavy (non-hydrogen) atoms. The summed E-state index contributed by atoms with van der Waals surface area (Å²) in [6.45, 7) is 10.2. The maximum atomic E-state index is 12.3. The summed E-state index contributed by atoms with van der Waals surface area (Å²) < 4.78 is 16.0. The maximum Gasteiger partial charge on any atom is 0.170 e. The van der Waals surface area contributed by atoms with Crippen LogP contribution in [0.1, 0.15) is 69.3 Å². The average Bonchev–Trinajstić information content (AvgIpc) is 2.81. The number of carbonyl (C=O) groups excluding carboxylic acids is 1. The molecule has 0 saturated heterocycles. The highest BCUT2D eigenvalue weighted by Crippen LogP contribution is 2.53. The Hall–Kier alpha value is -2.24. The normalized spacial score (nSPS) is 16.7. The average molecular weight is 456 g/mol. The van der Waals surface area contributed by atoms with Crippen LogP contribution in [0.3, 0.4) is 0 Å². The van der Waals surface area contributed by atoms with Crippen molar-refractivity contribution in [1.82, 2.24) is 4.98 Å². The summed E-state index contributed by atoms with van der Waals surface area (Å²) in [5, 5.41) is 0. The molecule has 1 saturated carbocycles. The van der Waals surface area contributed by atoms with Crippen LogP contribution in [-0.2, 0) is 32.5 Å². The van der Waals surface area contributed by atoms with Crippen LogP contribution in [0.15, 0.2) is 36.5 Å². The van der Waals surface area contributed by atoms with Crippen molar-refractivity contribution in [3.8, 4) is 5.75 Å². The molecule has 1 aromatic heterocycles. The fourth-order valence-electron chi connectivity index (χ4n) is 4.43. The summed E-state index contributed by atoms with van der Waals surface area (Å²) in [6.07, 6.45) is 6.31. The minimum Gasteiger partial charge on any atom is -0.497 e.